The number of hydrogen-bond donors (Lipinski definition) is 0. The first-order valence-electron chi connectivity index (χ1n) is 5.83. The van der Waals surface area contributed by atoms with Crippen molar-refractivity contribution < 1.29 is 9.18 Å². The number of benzene rings is 1. The SMILES string of the molecule is CC(C)c1cc(F)cc(C(C)C)c1CC(=O)Cl. The van der Waals surface area contributed by atoms with Crippen LogP contribution in [0.1, 0.15) is 56.2 Å². The van der Waals surface area contributed by atoms with Gasteiger partial charge in [0.05, 0.1) is 0 Å². The molecule has 3 heteroatoms. The van der Waals surface area contributed by atoms with Gasteiger partial charge >= 0.3 is 0 Å². The number of halogens is 2. The van der Waals surface area contributed by atoms with Gasteiger partial charge < -0.3 is 0 Å². The summed E-state index contributed by atoms with van der Waals surface area (Å²) in [5.74, 6) is 0.103. The molecule has 1 aromatic rings. The predicted octanol–water partition coefficient (Wildman–Crippen LogP) is 4.38. The Morgan fingerprint density at radius 2 is 1.59 bits per heavy atom. The summed E-state index contributed by atoms with van der Waals surface area (Å²) in [4.78, 5) is 11.1. The third kappa shape index (κ3) is 3.53. The van der Waals surface area contributed by atoms with Crippen molar-refractivity contribution in [1.29, 1.82) is 0 Å². The normalized spacial score (nSPS) is 11.3. The van der Waals surface area contributed by atoms with Gasteiger partial charge in [0.2, 0.25) is 5.24 Å². The van der Waals surface area contributed by atoms with Crippen molar-refractivity contribution in [2.45, 2.75) is 46.0 Å². The van der Waals surface area contributed by atoms with Crippen molar-refractivity contribution in [2.75, 3.05) is 0 Å². The molecule has 1 rings (SSSR count). The van der Waals surface area contributed by atoms with Gasteiger partial charge in [0, 0.05) is 6.42 Å². The van der Waals surface area contributed by atoms with Crippen LogP contribution in [0.25, 0.3) is 0 Å². The Hall–Kier alpha value is -0.890. The van der Waals surface area contributed by atoms with E-state index >= 15 is 0 Å². The molecule has 0 aliphatic rings. The van der Waals surface area contributed by atoms with Crippen molar-refractivity contribution >= 4 is 16.8 Å². The molecule has 0 atom stereocenters. The summed E-state index contributed by atoms with van der Waals surface area (Å²) in [6.45, 7) is 7.95. The van der Waals surface area contributed by atoms with Crippen LogP contribution < -0.4 is 0 Å². The van der Waals surface area contributed by atoms with Gasteiger partial charge in [0.25, 0.3) is 0 Å². The van der Waals surface area contributed by atoms with E-state index in [0.717, 1.165) is 16.7 Å². The molecule has 0 fully saturated rings. The van der Waals surface area contributed by atoms with Crippen molar-refractivity contribution in [3.63, 3.8) is 0 Å². The molecule has 1 nitrogen and oxygen atoms in total. The summed E-state index contributed by atoms with van der Waals surface area (Å²) < 4.78 is 13.5. The second-order valence-corrected chi connectivity index (χ2v) is 5.33. The van der Waals surface area contributed by atoms with Crippen molar-refractivity contribution in [3.8, 4) is 0 Å². The standard InChI is InChI=1S/C14H18ClFO/c1-8(2)11-5-10(16)6-12(9(3)4)13(11)7-14(15)17/h5-6,8-9H,7H2,1-4H3. The zero-order chi connectivity index (χ0) is 13.2. The third-order valence-corrected chi connectivity index (χ3v) is 2.98. The maximum atomic E-state index is 13.5. The molecular formula is C14H18ClFO. The Labute approximate surface area is 107 Å². The molecule has 0 saturated heterocycles. The molecule has 94 valence electrons. The second-order valence-electron chi connectivity index (χ2n) is 4.90. The number of carbonyl (C=O) groups is 1. The molecular weight excluding hydrogens is 239 g/mol. The highest BCUT2D eigenvalue weighted by molar-refractivity contribution is 6.63. The molecule has 1 aromatic carbocycles. The fraction of sp³-hybridized carbons (Fsp3) is 0.500. The van der Waals surface area contributed by atoms with E-state index in [2.05, 4.69) is 0 Å². The number of rotatable bonds is 4. The smallest absolute Gasteiger partial charge is 0.226 e. The molecule has 0 radical (unpaired) electrons. The summed E-state index contributed by atoms with van der Waals surface area (Å²) in [7, 11) is 0. The van der Waals surface area contributed by atoms with Crippen LogP contribution in [0.4, 0.5) is 4.39 Å². The molecule has 0 unspecified atom stereocenters. The zero-order valence-corrected chi connectivity index (χ0v) is 11.4. The van der Waals surface area contributed by atoms with Crippen LogP contribution in [0.15, 0.2) is 12.1 Å². The Bertz CT molecular complexity index is 395. The number of hydrogen-bond acceptors (Lipinski definition) is 1. The van der Waals surface area contributed by atoms with Gasteiger partial charge in [-0.15, -0.1) is 0 Å². The van der Waals surface area contributed by atoms with E-state index in [4.69, 9.17) is 11.6 Å². The third-order valence-electron chi connectivity index (χ3n) is 2.84. The number of carbonyl (C=O) groups excluding carboxylic acids is 1. The highest BCUT2D eigenvalue weighted by Gasteiger charge is 2.17. The quantitative estimate of drug-likeness (QED) is 0.731. The largest absolute Gasteiger partial charge is 0.281 e. The first kappa shape index (κ1) is 14.2. The van der Waals surface area contributed by atoms with Crippen molar-refractivity contribution in [3.05, 3.63) is 34.6 Å². The monoisotopic (exact) mass is 256 g/mol. The Kier molecular flexibility index (Phi) is 4.70. The van der Waals surface area contributed by atoms with Crippen LogP contribution in [0, 0.1) is 5.82 Å². The molecule has 0 heterocycles. The van der Waals surface area contributed by atoms with Gasteiger partial charge in [-0.3, -0.25) is 4.79 Å². The first-order valence-corrected chi connectivity index (χ1v) is 6.21. The predicted molar refractivity (Wildman–Crippen MR) is 69.1 cm³/mol. The van der Waals surface area contributed by atoms with Crippen LogP contribution in [-0.2, 0) is 11.2 Å². The minimum atomic E-state index is -0.402. The lowest BCUT2D eigenvalue weighted by atomic mass is 9.87. The highest BCUT2D eigenvalue weighted by Crippen LogP contribution is 2.29. The average Bonchev–Trinajstić information content (AvgIpc) is 2.18. The van der Waals surface area contributed by atoms with E-state index in [1.807, 2.05) is 27.7 Å². The van der Waals surface area contributed by atoms with E-state index in [0.29, 0.717) is 0 Å². The average molecular weight is 257 g/mol. The Morgan fingerprint density at radius 1 is 1.18 bits per heavy atom. The molecule has 0 aliphatic heterocycles. The molecule has 0 saturated carbocycles. The van der Waals surface area contributed by atoms with E-state index in [1.165, 1.54) is 12.1 Å². The topological polar surface area (TPSA) is 17.1 Å². The fourth-order valence-corrected chi connectivity index (χ4v) is 2.19. The summed E-state index contributed by atoms with van der Waals surface area (Å²) in [6, 6.07) is 3.01. The Balaban J connectivity index is 3.41. The fourth-order valence-electron chi connectivity index (χ4n) is 2.05. The molecule has 17 heavy (non-hydrogen) atoms. The van der Waals surface area contributed by atoms with Gasteiger partial charge in [-0.2, -0.15) is 0 Å². The Morgan fingerprint density at radius 3 is 1.88 bits per heavy atom. The van der Waals surface area contributed by atoms with Gasteiger partial charge in [-0.25, -0.2) is 4.39 Å². The van der Waals surface area contributed by atoms with Gasteiger partial charge in [0.15, 0.2) is 0 Å². The van der Waals surface area contributed by atoms with E-state index < -0.39 is 5.24 Å². The first-order chi connectivity index (χ1) is 7.82. The summed E-state index contributed by atoms with van der Waals surface area (Å²) in [5, 5.41) is -0.402. The van der Waals surface area contributed by atoms with E-state index in [9.17, 15) is 9.18 Å². The van der Waals surface area contributed by atoms with Crippen LogP contribution in [0.3, 0.4) is 0 Å². The van der Waals surface area contributed by atoms with Crippen molar-refractivity contribution in [2.24, 2.45) is 0 Å². The highest BCUT2D eigenvalue weighted by atomic mass is 35.5. The minimum absolute atomic E-state index is 0.170. The minimum Gasteiger partial charge on any atom is -0.281 e. The molecule has 0 bridgehead atoms. The molecule has 0 spiro atoms. The van der Waals surface area contributed by atoms with Gasteiger partial charge in [0.1, 0.15) is 5.82 Å². The van der Waals surface area contributed by atoms with Gasteiger partial charge in [-0.1, -0.05) is 27.7 Å². The van der Waals surface area contributed by atoms with Crippen LogP contribution >= 0.6 is 11.6 Å². The maximum absolute atomic E-state index is 13.5. The maximum Gasteiger partial charge on any atom is 0.226 e. The molecule has 0 aromatic heterocycles. The van der Waals surface area contributed by atoms with Gasteiger partial charge in [-0.05, 0) is 52.3 Å². The lowest BCUT2D eigenvalue weighted by Crippen LogP contribution is -2.08. The summed E-state index contributed by atoms with van der Waals surface area (Å²) in [5.41, 5.74) is 2.64. The van der Waals surface area contributed by atoms with E-state index in [1.54, 1.807) is 0 Å². The van der Waals surface area contributed by atoms with Crippen molar-refractivity contribution in [1.82, 2.24) is 0 Å². The summed E-state index contributed by atoms with van der Waals surface area (Å²) in [6.07, 6.45) is 0.170. The zero-order valence-electron chi connectivity index (χ0n) is 10.7. The van der Waals surface area contributed by atoms with E-state index in [-0.39, 0.29) is 24.1 Å². The van der Waals surface area contributed by atoms with Crippen LogP contribution in [0.2, 0.25) is 0 Å². The van der Waals surface area contributed by atoms with Crippen LogP contribution in [0.5, 0.6) is 0 Å². The summed E-state index contributed by atoms with van der Waals surface area (Å²) >= 11 is 5.47. The lowest BCUT2D eigenvalue weighted by Gasteiger charge is -2.18. The molecule has 0 N–H and O–H groups in total. The lowest BCUT2D eigenvalue weighted by molar-refractivity contribution is -0.111. The second kappa shape index (κ2) is 5.63. The molecule has 0 amide bonds. The van der Waals surface area contributed by atoms with Crippen LogP contribution in [-0.4, -0.2) is 5.24 Å². The molecule has 0 aliphatic carbocycles.